The first-order chi connectivity index (χ1) is 4.80. The average molecular weight is 160 g/mol. The Balaban J connectivity index is 2.95. The molecule has 0 unspecified atom stereocenters. The Morgan fingerprint density at radius 3 is 1.27 bits per heavy atom. The lowest BCUT2D eigenvalue weighted by molar-refractivity contribution is -0.183. The molecule has 0 saturated carbocycles. The lowest BCUT2D eigenvalue weighted by atomic mass is 9.69. The van der Waals surface area contributed by atoms with Gasteiger partial charge in [-0.05, 0) is 0 Å². The van der Waals surface area contributed by atoms with E-state index < -0.39 is 23.4 Å². The monoisotopic (exact) mass is 160 g/mol. The van der Waals surface area contributed by atoms with E-state index in [1.165, 1.54) is 0 Å². The molecule has 11 heavy (non-hydrogen) atoms. The molecule has 0 radical (unpaired) electrons. The molecule has 1 rings (SSSR count). The molecule has 1 aliphatic heterocycles. The molecule has 0 aromatic carbocycles. The molecule has 0 spiro atoms. The van der Waals surface area contributed by atoms with Crippen LogP contribution in [0.4, 0.5) is 0 Å². The molecule has 0 bridgehead atoms. The lowest BCUT2D eigenvalue weighted by Crippen LogP contribution is -2.38. The second-order valence-corrected chi connectivity index (χ2v) is 4.28. The van der Waals surface area contributed by atoms with Crippen LogP contribution >= 0.6 is 0 Å². The summed E-state index contributed by atoms with van der Waals surface area (Å²) in [6.07, 6.45) is -1.74. The maximum absolute atomic E-state index is 9.38. The zero-order valence-electron chi connectivity index (χ0n) is 7.46. The van der Waals surface area contributed by atoms with Crippen LogP contribution in [-0.4, -0.2) is 22.8 Å². The Labute approximate surface area is 67.0 Å². The molecule has 0 amide bonds. The van der Waals surface area contributed by atoms with Crippen molar-refractivity contribution >= 4 is 0 Å². The largest absolute Gasteiger partial charge is 0.367 e. The van der Waals surface area contributed by atoms with Crippen LogP contribution in [0.3, 0.4) is 0 Å². The van der Waals surface area contributed by atoms with Gasteiger partial charge in [0.05, 0.1) is 0 Å². The maximum Gasteiger partial charge on any atom is 0.163 e. The Morgan fingerprint density at radius 2 is 1.18 bits per heavy atom. The fourth-order valence-electron chi connectivity index (χ4n) is 1.10. The van der Waals surface area contributed by atoms with E-state index in [-0.39, 0.29) is 0 Å². The third kappa shape index (κ3) is 0.991. The summed E-state index contributed by atoms with van der Waals surface area (Å²) in [5.74, 6) is 0. The molecule has 3 nitrogen and oxygen atoms in total. The van der Waals surface area contributed by atoms with Gasteiger partial charge in [0.25, 0.3) is 0 Å². The summed E-state index contributed by atoms with van der Waals surface area (Å²) in [6.45, 7) is 7.53. The molecule has 1 saturated heterocycles. The fourth-order valence-corrected chi connectivity index (χ4v) is 1.10. The topological polar surface area (TPSA) is 49.7 Å². The normalized spacial score (nSPS) is 40.9. The summed E-state index contributed by atoms with van der Waals surface area (Å²) in [6, 6.07) is 0. The quantitative estimate of drug-likeness (QED) is 0.548. The van der Waals surface area contributed by atoms with E-state index in [2.05, 4.69) is 0 Å². The number of aliphatic hydroxyl groups is 2. The molecule has 1 aliphatic rings. The van der Waals surface area contributed by atoms with Gasteiger partial charge in [0, 0.05) is 10.8 Å². The van der Waals surface area contributed by atoms with Crippen molar-refractivity contribution in [3.63, 3.8) is 0 Å². The minimum absolute atomic E-state index is 0.396. The summed E-state index contributed by atoms with van der Waals surface area (Å²) in [7, 11) is 0. The van der Waals surface area contributed by atoms with Gasteiger partial charge in [-0.15, -0.1) is 0 Å². The maximum atomic E-state index is 9.38. The number of ether oxygens (including phenoxy) is 1. The summed E-state index contributed by atoms with van der Waals surface area (Å²) < 4.78 is 4.90. The molecular weight excluding hydrogens is 144 g/mol. The van der Waals surface area contributed by atoms with Gasteiger partial charge in [0.2, 0.25) is 0 Å². The Morgan fingerprint density at radius 1 is 0.909 bits per heavy atom. The highest BCUT2D eigenvalue weighted by Gasteiger charge is 2.55. The van der Waals surface area contributed by atoms with Gasteiger partial charge in [-0.25, -0.2) is 0 Å². The van der Waals surface area contributed by atoms with Gasteiger partial charge in [-0.2, -0.15) is 0 Å². The van der Waals surface area contributed by atoms with E-state index in [4.69, 9.17) is 4.74 Å². The summed E-state index contributed by atoms with van der Waals surface area (Å²) in [4.78, 5) is 0. The minimum Gasteiger partial charge on any atom is -0.367 e. The van der Waals surface area contributed by atoms with Gasteiger partial charge in [-0.1, -0.05) is 27.7 Å². The van der Waals surface area contributed by atoms with Crippen molar-refractivity contribution in [3.8, 4) is 0 Å². The standard InChI is InChI=1S/C8H16O3/c1-7(2)5(9)11-6(10)8(7,3)4/h5-6,9-10H,1-4H3/t5-,6-/m0/s1. The van der Waals surface area contributed by atoms with Crippen LogP contribution in [0.15, 0.2) is 0 Å². The van der Waals surface area contributed by atoms with Crippen LogP contribution in [0.25, 0.3) is 0 Å². The summed E-state index contributed by atoms with van der Waals surface area (Å²) >= 11 is 0. The Hall–Kier alpha value is -0.120. The Kier molecular flexibility index (Phi) is 1.78. The van der Waals surface area contributed by atoms with Crippen LogP contribution in [0.5, 0.6) is 0 Å². The van der Waals surface area contributed by atoms with Crippen molar-refractivity contribution in [2.75, 3.05) is 0 Å². The van der Waals surface area contributed by atoms with E-state index in [1.807, 2.05) is 27.7 Å². The molecule has 66 valence electrons. The summed E-state index contributed by atoms with van der Waals surface area (Å²) in [5, 5.41) is 18.8. The number of hydrogen-bond donors (Lipinski definition) is 2. The van der Waals surface area contributed by atoms with Crippen molar-refractivity contribution in [2.45, 2.75) is 40.3 Å². The molecule has 2 atom stereocenters. The van der Waals surface area contributed by atoms with E-state index in [1.54, 1.807) is 0 Å². The van der Waals surface area contributed by atoms with Gasteiger partial charge in [0.1, 0.15) is 0 Å². The van der Waals surface area contributed by atoms with Crippen molar-refractivity contribution in [2.24, 2.45) is 10.8 Å². The van der Waals surface area contributed by atoms with Crippen molar-refractivity contribution < 1.29 is 14.9 Å². The van der Waals surface area contributed by atoms with E-state index >= 15 is 0 Å². The van der Waals surface area contributed by atoms with Crippen LogP contribution in [0.1, 0.15) is 27.7 Å². The second kappa shape index (κ2) is 2.19. The molecule has 0 aliphatic carbocycles. The third-order valence-electron chi connectivity index (χ3n) is 3.15. The molecular formula is C8H16O3. The highest BCUT2D eigenvalue weighted by Crippen LogP contribution is 2.50. The van der Waals surface area contributed by atoms with Gasteiger partial charge >= 0.3 is 0 Å². The first-order valence-electron chi connectivity index (χ1n) is 3.82. The molecule has 2 N–H and O–H groups in total. The van der Waals surface area contributed by atoms with Crippen molar-refractivity contribution in [1.29, 1.82) is 0 Å². The van der Waals surface area contributed by atoms with E-state index in [0.717, 1.165) is 0 Å². The average Bonchev–Trinajstić information content (AvgIpc) is 1.95. The van der Waals surface area contributed by atoms with Crippen LogP contribution < -0.4 is 0 Å². The first-order valence-corrected chi connectivity index (χ1v) is 3.82. The molecule has 3 heteroatoms. The van der Waals surface area contributed by atoms with Crippen LogP contribution in [0, 0.1) is 10.8 Å². The van der Waals surface area contributed by atoms with Crippen LogP contribution in [0.2, 0.25) is 0 Å². The SMILES string of the molecule is CC1(C)[C@@H](O)O[C@H](O)C1(C)C. The molecule has 0 aromatic rings. The van der Waals surface area contributed by atoms with Crippen molar-refractivity contribution in [3.05, 3.63) is 0 Å². The van der Waals surface area contributed by atoms with E-state index in [9.17, 15) is 10.2 Å². The highest BCUT2D eigenvalue weighted by molar-refractivity contribution is 4.95. The second-order valence-electron chi connectivity index (χ2n) is 4.28. The third-order valence-corrected chi connectivity index (χ3v) is 3.15. The smallest absolute Gasteiger partial charge is 0.163 e. The number of rotatable bonds is 0. The van der Waals surface area contributed by atoms with Gasteiger partial charge in [-0.3, -0.25) is 0 Å². The zero-order valence-corrected chi connectivity index (χ0v) is 7.46. The van der Waals surface area contributed by atoms with Gasteiger partial charge < -0.3 is 14.9 Å². The van der Waals surface area contributed by atoms with Crippen molar-refractivity contribution in [1.82, 2.24) is 0 Å². The highest BCUT2D eigenvalue weighted by atomic mass is 16.7. The van der Waals surface area contributed by atoms with E-state index in [0.29, 0.717) is 0 Å². The predicted molar refractivity (Wildman–Crippen MR) is 40.7 cm³/mol. The van der Waals surface area contributed by atoms with Gasteiger partial charge in [0.15, 0.2) is 12.6 Å². The lowest BCUT2D eigenvalue weighted by Gasteiger charge is -2.34. The molecule has 1 fully saturated rings. The first kappa shape index (κ1) is 8.97. The number of hydrogen-bond acceptors (Lipinski definition) is 3. The van der Waals surface area contributed by atoms with Crippen LogP contribution in [-0.2, 0) is 4.74 Å². The number of aliphatic hydroxyl groups excluding tert-OH is 2. The predicted octanol–water partition coefficient (Wildman–Crippen LogP) is 0.706. The summed E-state index contributed by atoms with van der Waals surface area (Å²) in [5.41, 5.74) is -0.793. The molecule has 0 aromatic heterocycles. The zero-order chi connectivity index (χ0) is 8.86. The fraction of sp³-hybridized carbons (Fsp3) is 1.00. The molecule has 1 heterocycles. The Bertz CT molecular complexity index is 145. The minimum atomic E-state index is -0.868.